The summed E-state index contributed by atoms with van der Waals surface area (Å²) in [5.74, 6) is 0.411. The molecule has 1 aliphatic heterocycles. The minimum Gasteiger partial charge on any atom is -0.328 e. The van der Waals surface area contributed by atoms with Gasteiger partial charge in [-0.05, 0) is 52.1 Å². The second kappa shape index (κ2) is 7.37. The second-order valence-electron chi connectivity index (χ2n) is 7.05. The van der Waals surface area contributed by atoms with Crippen molar-refractivity contribution in [2.24, 2.45) is 7.05 Å². The number of amides is 1. The highest BCUT2D eigenvalue weighted by Crippen LogP contribution is 2.30. The lowest BCUT2D eigenvalue weighted by atomic mass is 10.1. The number of aryl methyl sites for hydroxylation is 1. The minimum atomic E-state index is -0.261. The summed E-state index contributed by atoms with van der Waals surface area (Å²) < 4.78 is 1.51. The van der Waals surface area contributed by atoms with E-state index >= 15 is 0 Å². The first-order chi connectivity index (χ1) is 12.4. The molecule has 0 spiro atoms. The van der Waals surface area contributed by atoms with Crippen LogP contribution in [0.25, 0.3) is 0 Å². The molecule has 26 heavy (non-hydrogen) atoms. The van der Waals surface area contributed by atoms with Crippen LogP contribution in [0.2, 0.25) is 0 Å². The van der Waals surface area contributed by atoms with E-state index in [0.717, 1.165) is 24.2 Å². The Bertz CT molecular complexity index is 874. The molecule has 1 aliphatic rings. The van der Waals surface area contributed by atoms with E-state index in [2.05, 4.69) is 9.97 Å². The van der Waals surface area contributed by atoms with Gasteiger partial charge >= 0.3 is 0 Å². The first-order valence-corrected chi connectivity index (χ1v) is 8.82. The molecule has 0 aliphatic carbocycles. The van der Waals surface area contributed by atoms with Crippen molar-refractivity contribution in [1.82, 2.24) is 24.3 Å². The first-order valence-electron chi connectivity index (χ1n) is 8.82. The Labute approximate surface area is 153 Å². The summed E-state index contributed by atoms with van der Waals surface area (Å²) in [6.45, 7) is 3.18. The zero-order valence-corrected chi connectivity index (χ0v) is 15.8. The molecule has 3 heterocycles. The van der Waals surface area contributed by atoms with Crippen molar-refractivity contribution in [2.45, 2.75) is 32.4 Å². The molecule has 1 atom stereocenters. The van der Waals surface area contributed by atoms with E-state index < -0.39 is 0 Å². The van der Waals surface area contributed by atoms with Crippen LogP contribution in [-0.2, 0) is 13.6 Å². The molecule has 138 valence electrons. The van der Waals surface area contributed by atoms with Crippen molar-refractivity contribution in [1.29, 1.82) is 0 Å². The van der Waals surface area contributed by atoms with Crippen LogP contribution >= 0.6 is 0 Å². The van der Waals surface area contributed by atoms with Gasteiger partial charge < -0.3 is 14.4 Å². The highest BCUT2D eigenvalue weighted by molar-refractivity contribution is 5.94. The summed E-state index contributed by atoms with van der Waals surface area (Å²) in [5, 5.41) is 0. The van der Waals surface area contributed by atoms with Gasteiger partial charge in [-0.15, -0.1) is 0 Å². The summed E-state index contributed by atoms with van der Waals surface area (Å²) in [4.78, 5) is 38.3. The third kappa shape index (κ3) is 3.53. The van der Waals surface area contributed by atoms with Crippen molar-refractivity contribution in [2.75, 3.05) is 20.6 Å². The van der Waals surface area contributed by atoms with Crippen LogP contribution in [-0.4, -0.2) is 50.9 Å². The number of likely N-dealkylation sites (tertiary alicyclic amines) is 1. The van der Waals surface area contributed by atoms with E-state index in [4.69, 9.17) is 0 Å². The normalized spacial score (nSPS) is 17.1. The fraction of sp³-hybridized carbons (Fsp3) is 0.474. The van der Waals surface area contributed by atoms with Gasteiger partial charge in [0.1, 0.15) is 5.56 Å². The molecule has 7 nitrogen and oxygen atoms in total. The Morgan fingerprint density at radius 3 is 2.81 bits per heavy atom. The summed E-state index contributed by atoms with van der Waals surface area (Å²) in [6, 6.07) is 5.13. The smallest absolute Gasteiger partial charge is 0.263 e. The predicted molar refractivity (Wildman–Crippen MR) is 98.9 cm³/mol. The first kappa shape index (κ1) is 18.3. The number of nitrogens with zero attached hydrogens (tertiary/aromatic N) is 5. The fourth-order valence-corrected chi connectivity index (χ4v) is 3.31. The maximum Gasteiger partial charge on any atom is 0.263 e. The van der Waals surface area contributed by atoms with E-state index in [-0.39, 0.29) is 23.1 Å². The largest absolute Gasteiger partial charge is 0.328 e. The van der Waals surface area contributed by atoms with Crippen LogP contribution in [0.4, 0.5) is 0 Å². The molecule has 0 aromatic carbocycles. The van der Waals surface area contributed by atoms with Gasteiger partial charge in [0.05, 0.1) is 11.7 Å². The second-order valence-corrected chi connectivity index (χ2v) is 7.05. The molecular weight excluding hydrogens is 330 g/mol. The molecule has 0 unspecified atom stereocenters. The van der Waals surface area contributed by atoms with E-state index in [0.29, 0.717) is 18.9 Å². The molecule has 2 aromatic heterocycles. The number of pyridine rings is 1. The van der Waals surface area contributed by atoms with Gasteiger partial charge in [-0.1, -0.05) is 0 Å². The van der Waals surface area contributed by atoms with Crippen molar-refractivity contribution < 1.29 is 4.79 Å². The van der Waals surface area contributed by atoms with Crippen molar-refractivity contribution in [3.63, 3.8) is 0 Å². The Morgan fingerprint density at radius 1 is 1.31 bits per heavy atom. The number of carbonyl (C=O) groups excluding carboxylic acids is 1. The summed E-state index contributed by atoms with van der Waals surface area (Å²) in [6.07, 6.45) is 3.43. The number of rotatable bonds is 4. The van der Waals surface area contributed by atoms with Crippen LogP contribution < -0.4 is 5.56 Å². The number of hydrogen-bond acceptors (Lipinski definition) is 5. The highest BCUT2D eigenvalue weighted by Gasteiger charge is 2.33. The maximum atomic E-state index is 13.0. The lowest BCUT2D eigenvalue weighted by Gasteiger charge is -2.24. The zero-order valence-electron chi connectivity index (χ0n) is 15.8. The third-order valence-corrected chi connectivity index (χ3v) is 4.81. The monoisotopic (exact) mass is 355 g/mol. The maximum absolute atomic E-state index is 13.0. The Balaban J connectivity index is 1.90. The van der Waals surface area contributed by atoms with Crippen molar-refractivity contribution >= 4 is 5.91 Å². The molecule has 0 N–H and O–H groups in total. The molecule has 1 amide bonds. The molecule has 3 rings (SSSR count). The molecule has 7 heteroatoms. The Hall–Kier alpha value is -2.54. The van der Waals surface area contributed by atoms with Gasteiger partial charge in [-0.3, -0.25) is 9.59 Å². The summed E-state index contributed by atoms with van der Waals surface area (Å²) in [7, 11) is 5.66. The standard InChI is InChI=1S/C19H25N5O2/c1-13-7-8-15(18(25)23(13)4)19(26)24-11-5-6-16(24)17-20-10-9-14(21-17)12-22(2)3/h7-10,16H,5-6,11-12H2,1-4H3/t16-/m1/s1. The van der Waals surface area contributed by atoms with E-state index in [1.807, 2.05) is 32.0 Å². The van der Waals surface area contributed by atoms with Gasteiger partial charge in [-0.2, -0.15) is 0 Å². The van der Waals surface area contributed by atoms with E-state index in [1.54, 1.807) is 30.3 Å². The molecule has 0 radical (unpaired) electrons. The average molecular weight is 355 g/mol. The van der Waals surface area contributed by atoms with Crippen LogP contribution in [0.1, 0.15) is 46.5 Å². The number of hydrogen-bond donors (Lipinski definition) is 0. The summed E-state index contributed by atoms with van der Waals surface area (Å²) in [5.41, 5.74) is 1.69. The lowest BCUT2D eigenvalue weighted by molar-refractivity contribution is 0.0727. The summed E-state index contributed by atoms with van der Waals surface area (Å²) >= 11 is 0. The topological polar surface area (TPSA) is 71.3 Å². The number of aromatic nitrogens is 3. The van der Waals surface area contributed by atoms with Gasteiger partial charge in [0, 0.05) is 32.0 Å². The van der Waals surface area contributed by atoms with Crippen molar-refractivity contribution in [3.8, 4) is 0 Å². The molecule has 1 fully saturated rings. The van der Waals surface area contributed by atoms with Crippen molar-refractivity contribution in [3.05, 3.63) is 57.5 Å². The predicted octanol–water partition coefficient (Wildman–Crippen LogP) is 1.52. The van der Waals surface area contributed by atoms with E-state index in [1.165, 1.54) is 4.57 Å². The molecular formula is C19H25N5O2. The molecule has 2 aromatic rings. The molecule has 0 saturated carbocycles. The average Bonchev–Trinajstić information content (AvgIpc) is 3.09. The molecule has 1 saturated heterocycles. The fourth-order valence-electron chi connectivity index (χ4n) is 3.31. The van der Waals surface area contributed by atoms with E-state index in [9.17, 15) is 9.59 Å². The Kier molecular flexibility index (Phi) is 5.18. The van der Waals surface area contributed by atoms with Gasteiger partial charge in [0.25, 0.3) is 11.5 Å². The zero-order chi connectivity index (χ0) is 18.8. The molecule has 0 bridgehead atoms. The quantitative estimate of drug-likeness (QED) is 0.832. The van der Waals surface area contributed by atoms with Gasteiger partial charge in [0.15, 0.2) is 5.82 Å². The third-order valence-electron chi connectivity index (χ3n) is 4.81. The SMILES string of the molecule is Cc1ccc(C(=O)N2CCC[C@@H]2c2nccc(CN(C)C)n2)c(=O)n1C. The Morgan fingerprint density at radius 2 is 2.08 bits per heavy atom. The minimum absolute atomic E-state index is 0.185. The van der Waals surface area contributed by atoms with Crippen LogP contribution in [0.15, 0.2) is 29.2 Å². The van der Waals surface area contributed by atoms with Gasteiger partial charge in [0.2, 0.25) is 0 Å². The highest BCUT2D eigenvalue weighted by atomic mass is 16.2. The van der Waals surface area contributed by atoms with Crippen LogP contribution in [0.5, 0.6) is 0 Å². The van der Waals surface area contributed by atoms with Gasteiger partial charge in [-0.25, -0.2) is 9.97 Å². The van der Waals surface area contributed by atoms with Crippen LogP contribution in [0, 0.1) is 6.92 Å². The van der Waals surface area contributed by atoms with Crippen LogP contribution in [0.3, 0.4) is 0 Å². The number of carbonyl (C=O) groups is 1. The lowest BCUT2D eigenvalue weighted by Crippen LogP contribution is -2.36.